The second-order valence-electron chi connectivity index (χ2n) is 5.61. The van der Waals surface area contributed by atoms with Crippen LogP contribution in [-0.2, 0) is 4.79 Å². The number of ketones is 1. The van der Waals surface area contributed by atoms with Crippen molar-refractivity contribution in [3.8, 4) is 0 Å². The highest BCUT2D eigenvalue weighted by Gasteiger charge is 2.20. The van der Waals surface area contributed by atoms with Gasteiger partial charge < -0.3 is 10.3 Å². The Morgan fingerprint density at radius 3 is 2.88 bits per heavy atom. The molecule has 8 nitrogen and oxygen atoms in total. The van der Waals surface area contributed by atoms with Crippen molar-refractivity contribution in [3.63, 3.8) is 0 Å². The zero-order valence-corrected chi connectivity index (χ0v) is 15.0. The Balaban J connectivity index is 1.77. The smallest absolute Gasteiger partial charge is 0.277 e. The zero-order valence-electron chi connectivity index (χ0n) is 14.2. The van der Waals surface area contributed by atoms with Crippen LogP contribution in [0.2, 0.25) is 0 Å². The van der Waals surface area contributed by atoms with Gasteiger partial charge in [0.1, 0.15) is 0 Å². The molecule has 2 aromatic heterocycles. The van der Waals surface area contributed by atoms with Gasteiger partial charge in [0.15, 0.2) is 22.1 Å². The number of H-pyrrole nitrogens is 2. The molecule has 3 rings (SSSR count). The molecule has 1 aromatic carbocycles. The van der Waals surface area contributed by atoms with Crippen LogP contribution in [0.1, 0.15) is 30.6 Å². The molecule has 26 heavy (non-hydrogen) atoms. The maximum Gasteiger partial charge on any atom is 0.277 e. The minimum Gasteiger partial charge on any atom is -0.339 e. The predicted octanol–water partition coefficient (Wildman–Crippen LogP) is 2.36. The molecule has 0 spiro atoms. The molecule has 9 heteroatoms. The summed E-state index contributed by atoms with van der Waals surface area (Å²) in [5.74, 6) is -0.306. The summed E-state index contributed by atoms with van der Waals surface area (Å²) in [6, 6.07) is 6.76. The fourth-order valence-corrected chi connectivity index (χ4v) is 3.27. The Kier molecular flexibility index (Phi) is 5.17. The maximum atomic E-state index is 12.6. The fraction of sp³-hybridized carbons (Fsp3) is 0.235. The lowest BCUT2D eigenvalue weighted by atomic mass is 10.1. The first-order valence-corrected chi connectivity index (χ1v) is 8.87. The molecule has 1 atom stereocenters. The average molecular weight is 371 g/mol. The van der Waals surface area contributed by atoms with Gasteiger partial charge >= 0.3 is 0 Å². The summed E-state index contributed by atoms with van der Waals surface area (Å²) < 4.78 is 0. The SMILES string of the molecule is CC[C@H](Sc1nc2nc[nH]c2c(=O)[nH]1)C(=O)Nc1cccc(C(C)=O)c1. The number of benzene rings is 1. The van der Waals surface area contributed by atoms with Gasteiger partial charge in [-0.15, -0.1) is 0 Å². The van der Waals surface area contributed by atoms with Crippen LogP contribution in [0.5, 0.6) is 0 Å². The average Bonchev–Trinajstić information content (AvgIpc) is 3.09. The molecule has 0 saturated carbocycles. The molecular weight excluding hydrogens is 354 g/mol. The van der Waals surface area contributed by atoms with Gasteiger partial charge in [-0.05, 0) is 25.5 Å². The van der Waals surface area contributed by atoms with Crippen molar-refractivity contribution in [2.45, 2.75) is 30.7 Å². The third-order valence-corrected chi connectivity index (χ3v) is 4.98. The van der Waals surface area contributed by atoms with E-state index in [0.29, 0.717) is 34.0 Å². The summed E-state index contributed by atoms with van der Waals surface area (Å²) in [6.07, 6.45) is 1.93. The number of nitrogens with zero attached hydrogens (tertiary/aromatic N) is 2. The Morgan fingerprint density at radius 2 is 2.15 bits per heavy atom. The summed E-state index contributed by atoms with van der Waals surface area (Å²) in [4.78, 5) is 49.6. The van der Waals surface area contributed by atoms with Crippen LogP contribution in [0, 0.1) is 0 Å². The summed E-state index contributed by atoms with van der Waals surface area (Å²) in [7, 11) is 0. The highest BCUT2D eigenvalue weighted by Crippen LogP contribution is 2.23. The number of hydrogen-bond donors (Lipinski definition) is 3. The highest BCUT2D eigenvalue weighted by molar-refractivity contribution is 8.00. The molecule has 0 aliphatic rings. The van der Waals surface area contributed by atoms with E-state index in [1.807, 2.05) is 6.92 Å². The number of aromatic nitrogens is 4. The van der Waals surface area contributed by atoms with Gasteiger partial charge in [-0.1, -0.05) is 30.8 Å². The largest absolute Gasteiger partial charge is 0.339 e. The van der Waals surface area contributed by atoms with Crippen LogP contribution < -0.4 is 10.9 Å². The van der Waals surface area contributed by atoms with Gasteiger partial charge in [0.2, 0.25) is 5.91 Å². The van der Waals surface area contributed by atoms with Crippen molar-refractivity contribution in [1.29, 1.82) is 0 Å². The monoisotopic (exact) mass is 371 g/mol. The third-order valence-electron chi connectivity index (χ3n) is 3.73. The second kappa shape index (κ2) is 7.52. The van der Waals surface area contributed by atoms with Crippen LogP contribution in [0.15, 0.2) is 40.5 Å². The van der Waals surface area contributed by atoms with Gasteiger partial charge in [0.05, 0.1) is 11.6 Å². The number of carbonyl (C=O) groups is 2. The molecule has 3 aromatic rings. The number of anilines is 1. The molecule has 0 aliphatic heterocycles. The van der Waals surface area contributed by atoms with E-state index in [1.165, 1.54) is 13.3 Å². The Hall–Kier alpha value is -2.94. The van der Waals surface area contributed by atoms with E-state index in [4.69, 9.17) is 0 Å². The first-order chi connectivity index (χ1) is 12.5. The molecule has 3 N–H and O–H groups in total. The van der Waals surface area contributed by atoms with Crippen molar-refractivity contribution < 1.29 is 9.59 Å². The van der Waals surface area contributed by atoms with Crippen molar-refractivity contribution in [1.82, 2.24) is 19.9 Å². The Labute approximate surface area is 152 Å². The normalized spacial score (nSPS) is 12.1. The lowest BCUT2D eigenvalue weighted by Gasteiger charge is -2.14. The molecule has 0 fully saturated rings. The third kappa shape index (κ3) is 3.83. The molecule has 0 aliphatic carbocycles. The topological polar surface area (TPSA) is 121 Å². The van der Waals surface area contributed by atoms with E-state index in [9.17, 15) is 14.4 Å². The lowest BCUT2D eigenvalue weighted by Crippen LogP contribution is -2.25. The van der Waals surface area contributed by atoms with Crippen LogP contribution in [0.4, 0.5) is 5.69 Å². The molecule has 0 unspecified atom stereocenters. The van der Waals surface area contributed by atoms with Gasteiger partial charge in [-0.2, -0.15) is 0 Å². The number of carbonyl (C=O) groups excluding carboxylic acids is 2. The van der Waals surface area contributed by atoms with E-state index in [0.717, 1.165) is 11.8 Å². The van der Waals surface area contributed by atoms with Crippen molar-refractivity contribution in [2.24, 2.45) is 0 Å². The Morgan fingerprint density at radius 1 is 1.35 bits per heavy atom. The van der Waals surface area contributed by atoms with Gasteiger partial charge in [0, 0.05) is 11.3 Å². The van der Waals surface area contributed by atoms with Gasteiger partial charge in [0.25, 0.3) is 5.56 Å². The maximum absolute atomic E-state index is 12.6. The van der Waals surface area contributed by atoms with Crippen LogP contribution in [-0.4, -0.2) is 36.9 Å². The predicted molar refractivity (Wildman–Crippen MR) is 99.5 cm³/mol. The number of thioether (sulfide) groups is 1. The summed E-state index contributed by atoms with van der Waals surface area (Å²) in [6.45, 7) is 3.34. The second-order valence-corrected chi connectivity index (χ2v) is 6.80. The Bertz CT molecular complexity index is 1030. The zero-order chi connectivity index (χ0) is 18.7. The minimum atomic E-state index is -0.462. The number of fused-ring (bicyclic) bond motifs is 1. The first kappa shape index (κ1) is 17.9. The minimum absolute atomic E-state index is 0.0726. The number of hydrogen-bond acceptors (Lipinski definition) is 6. The number of Topliss-reactive ketones (excluding diaryl/α,β-unsaturated/α-hetero) is 1. The number of nitrogens with one attached hydrogen (secondary N) is 3. The number of amides is 1. The highest BCUT2D eigenvalue weighted by atomic mass is 32.2. The summed E-state index contributed by atoms with van der Waals surface area (Å²) in [5.41, 5.74) is 1.34. The van der Waals surface area contributed by atoms with Crippen molar-refractivity contribution in [2.75, 3.05) is 5.32 Å². The van der Waals surface area contributed by atoms with E-state index in [1.54, 1.807) is 24.3 Å². The van der Waals surface area contributed by atoms with Crippen molar-refractivity contribution in [3.05, 3.63) is 46.5 Å². The van der Waals surface area contributed by atoms with Crippen LogP contribution in [0.25, 0.3) is 11.2 Å². The number of imidazole rings is 1. The van der Waals surface area contributed by atoms with E-state index >= 15 is 0 Å². The standard InChI is InChI=1S/C17H17N5O3S/c1-3-12(15(24)20-11-6-4-5-10(7-11)9(2)23)26-17-21-14-13(16(25)22-17)18-8-19-14/h4-8,12H,3H2,1-2H3,(H,20,24)(H2,18,19,21,22,25)/t12-/m0/s1. The lowest BCUT2D eigenvalue weighted by molar-refractivity contribution is -0.115. The summed E-state index contributed by atoms with van der Waals surface area (Å²) in [5, 5.41) is 2.67. The van der Waals surface area contributed by atoms with Gasteiger partial charge in [-0.25, -0.2) is 9.97 Å². The number of rotatable bonds is 6. The molecule has 134 valence electrons. The van der Waals surface area contributed by atoms with Crippen LogP contribution >= 0.6 is 11.8 Å². The fourth-order valence-electron chi connectivity index (χ4n) is 2.37. The molecule has 1 amide bonds. The molecular formula is C17H17N5O3S. The quantitative estimate of drug-likeness (QED) is 0.347. The van der Waals surface area contributed by atoms with E-state index < -0.39 is 5.25 Å². The molecule has 0 radical (unpaired) electrons. The summed E-state index contributed by atoms with van der Waals surface area (Å²) >= 11 is 1.16. The van der Waals surface area contributed by atoms with Gasteiger partial charge in [-0.3, -0.25) is 19.4 Å². The van der Waals surface area contributed by atoms with Crippen LogP contribution in [0.3, 0.4) is 0 Å². The van der Waals surface area contributed by atoms with E-state index in [-0.39, 0.29) is 17.2 Å². The molecule has 0 saturated heterocycles. The van der Waals surface area contributed by atoms with Crippen molar-refractivity contribution >= 4 is 40.3 Å². The molecule has 2 heterocycles. The molecule has 0 bridgehead atoms. The van der Waals surface area contributed by atoms with E-state index in [2.05, 4.69) is 25.3 Å². The first-order valence-electron chi connectivity index (χ1n) is 8.00. The number of aromatic amines is 2.